The van der Waals surface area contributed by atoms with Crippen LogP contribution in [-0.4, -0.2) is 17.4 Å². The Morgan fingerprint density at radius 3 is 2.67 bits per heavy atom. The van der Waals surface area contributed by atoms with Gasteiger partial charge in [-0.1, -0.05) is 36.4 Å². The van der Waals surface area contributed by atoms with Gasteiger partial charge in [-0.2, -0.15) is 0 Å². The molecule has 0 amide bonds. The normalized spacial score (nSPS) is 12.2. The highest BCUT2D eigenvalue weighted by molar-refractivity contribution is 9.09. The Hall–Kier alpha value is -0.310. The van der Waals surface area contributed by atoms with Crippen molar-refractivity contribution in [2.75, 3.05) is 6.61 Å². The molecular formula is C9H15BrO2. The highest BCUT2D eigenvalue weighted by Crippen LogP contribution is 2.05. The van der Waals surface area contributed by atoms with E-state index >= 15 is 0 Å². The summed E-state index contributed by atoms with van der Waals surface area (Å²) in [6.07, 6.45) is 1.49. The van der Waals surface area contributed by atoms with Gasteiger partial charge in [0.25, 0.3) is 0 Å². The minimum Gasteiger partial charge on any atom is -0.462 e. The largest absolute Gasteiger partial charge is 0.462 e. The van der Waals surface area contributed by atoms with Gasteiger partial charge in [-0.05, 0) is 12.8 Å². The Kier molecular flexibility index (Phi) is 6.07. The maximum atomic E-state index is 11.0. The van der Waals surface area contributed by atoms with E-state index in [9.17, 15) is 4.79 Å². The molecule has 0 N–H and O–H groups in total. The molecule has 12 heavy (non-hydrogen) atoms. The molecule has 0 saturated heterocycles. The van der Waals surface area contributed by atoms with Crippen LogP contribution in [0.4, 0.5) is 0 Å². The molecule has 0 spiro atoms. The molecule has 0 aliphatic rings. The van der Waals surface area contributed by atoms with Crippen LogP contribution < -0.4 is 0 Å². The van der Waals surface area contributed by atoms with Crippen LogP contribution in [0.3, 0.4) is 0 Å². The molecule has 0 heterocycles. The first kappa shape index (κ1) is 11.7. The van der Waals surface area contributed by atoms with Crippen molar-refractivity contribution in [3.8, 4) is 0 Å². The van der Waals surface area contributed by atoms with Crippen LogP contribution in [0.1, 0.15) is 26.7 Å². The average Bonchev–Trinajstić information content (AvgIpc) is 2.02. The topological polar surface area (TPSA) is 26.3 Å². The van der Waals surface area contributed by atoms with Crippen molar-refractivity contribution in [2.45, 2.75) is 31.5 Å². The van der Waals surface area contributed by atoms with Gasteiger partial charge in [0, 0.05) is 10.4 Å². The van der Waals surface area contributed by atoms with Crippen molar-refractivity contribution < 1.29 is 9.53 Å². The van der Waals surface area contributed by atoms with Gasteiger partial charge in [0.1, 0.15) is 0 Å². The number of rotatable bonds is 5. The molecule has 0 fully saturated rings. The van der Waals surface area contributed by atoms with E-state index in [4.69, 9.17) is 4.74 Å². The fourth-order valence-electron chi connectivity index (χ4n) is 0.560. The fourth-order valence-corrected chi connectivity index (χ4v) is 0.747. The number of hydrogen-bond acceptors (Lipinski definition) is 2. The van der Waals surface area contributed by atoms with Crippen LogP contribution in [0.25, 0.3) is 0 Å². The SMILES string of the molecule is C=C(CC)C(=O)OCCC(C)Br. The van der Waals surface area contributed by atoms with Gasteiger partial charge in [-0.15, -0.1) is 0 Å². The Bertz CT molecular complexity index is 164. The first-order valence-electron chi connectivity index (χ1n) is 4.06. The molecule has 0 aliphatic carbocycles. The summed E-state index contributed by atoms with van der Waals surface area (Å²) in [5, 5.41) is 0. The summed E-state index contributed by atoms with van der Waals surface area (Å²) in [4.78, 5) is 11.4. The molecule has 0 radical (unpaired) electrons. The van der Waals surface area contributed by atoms with Gasteiger partial charge in [-0.3, -0.25) is 0 Å². The van der Waals surface area contributed by atoms with Gasteiger partial charge in [-0.25, -0.2) is 4.79 Å². The molecule has 0 aromatic carbocycles. The number of esters is 1. The Balaban J connectivity index is 3.51. The van der Waals surface area contributed by atoms with Crippen LogP contribution in [0, 0.1) is 0 Å². The lowest BCUT2D eigenvalue weighted by molar-refractivity contribution is -0.139. The second-order valence-electron chi connectivity index (χ2n) is 2.66. The molecule has 0 aromatic heterocycles. The summed E-state index contributed by atoms with van der Waals surface area (Å²) in [6, 6.07) is 0. The maximum absolute atomic E-state index is 11.0. The summed E-state index contributed by atoms with van der Waals surface area (Å²) >= 11 is 3.36. The minimum absolute atomic E-state index is 0.273. The number of ether oxygens (including phenoxy) is 1. The number of halogens is 1. The molecule has 2 nitrogen and oxygen atoms in total. The predicted octanol–water partition coefficient (Wildman–Crippen LogP) is 2.67. The van der Waals surface area contributed by atoms with E-state index in [0.717, 1.165) is 6.42 Å². The third-order valence-electron chi connectivity index (χ3n) is 1.46. The van der Waals surface area contributed by atoms with Crippen molar-refractivity contribution in [2.24, 2.45) is 0 Å². The van der Waals surface area contributed by atoms with E-state index in [1.165, 1.54) is 0 Å². The summed E-state index contributed by atoms with van der Waals surface area (Å²) in [5.74, 6) is -0.273. The van der Waals surface area contributed by atoms with E-state index in [1.807, 2.05) is 13.8 Å². The summed E-state index contributed by atoms with van der Waals surface area (Å²) in [7, 11) is 0. The van der Waals surface area contributed by atoms with E-state index in [-0.39, 0.29) is 5.97 Å². The molecular weight excluding hydrogens is 220 g/mol. The molecule has 0 rings (SSSR count). The van der Waals surface area contributed by atoms with E-state index in [0.29, 0.717) is 23.4 Å². The van der Waals surface area contributed by atoms with Gasteiger partial charge in [0.15, 0.2) is 0 Å². The predicted molar refractivity (Wildman–Crippen MR) is 53.4 cm³/mol. The number of carbonyl (C=O) groups excluding carboxylic acids is 1. The van der Waals surface area contributed by atoms with E-state index in [1.54, 1.807) is 0 Å². The highest BCUT2D eigenvalue weighted by atomic mass is 79.9. The van der Waals surface area contributed by atoms with Gasteiger partial charge < -0.3 is 4.74 Å². The van der Waals surface area contributed by atoms with Crippen molar-refractivity contribution in [1.29, 1.82) is 0 Å². The van der Waals surface area contributed by atoms with Gasteiger partial charge >= 0.3 is 5.97 Å². The second kappa shape index (κ2) is 6.23. The Morgan fingerprint density at radius 2 is 2.25 bits per heavy atom. The molecule has 70 valence electrons. The number of hydrogen-bond donors (Lipinski definition) is 0. The van der Waals surface area contributed by atoms with Crippen LogP contribution in [0.2, 0.25) is 0 Å². The molecule has 0 aliphatic heterocycles. The third kappa shape index (κ3) is 5.35. The molecule has 3 heteroatoms. The summed E-state index contributed by atoms with van der Waals surface area (Å²) in [6.45, 7) is 7.95. The van der Waals surface area contributed by atoms with Gasteiger partial charge in [0.2, 0.25) is 0 Å². The minimum atomic E-state index is -0.273. The lowest BCUT2D eigenvalue weighted by Gasteiger charge is -2.05. The summed E-state index contributed by atoms with van der Waals surface area (Å²) < 4.78 is 4.94. The zero-order valence-corrected chi connectivity index (χ0v) is 9.19. The van der Waals surface area contributed by atoms with Crippen molar-refractivity contribution in [3.05, 3.63) is 12.2 Å². The smallest absolute Gasteiger partial charge is 0.333 e. The fraction of sp³-hybridized carbons (Fsp3) is 0.667. The highest BCUT2D eigenvalue weighted by Gasteiger charge is 2.05. The van der Waals surface area contributed by atoms with Crippen LogP contribution >= 0.6 is 15.9 Å². The zero-order chi connectivity index (χ0) is 9.56. The molecule has 1 atom stereocenters. The third-order valence-corrected chi connectivity index (χ3v) is 1.92. The quantitative estimate of drug-likeness (QED) is 0.416. The Morgan fingerprint density at radius 1 is 1.67 bits per heavy atom. The van der Waals surface area contributed by atoms with E-state index in [2.05, 4.69) is 22.5 Å². The molecule has 0 aromatic rings. The van der Waals surface area contributed by atoms with Crippen molar-refractivity contribution in [1.82, 2.24) is 0 Å². The second-order valence-corrected chi connectivity index (χ2v) is 4.23. The number of carbonyl (C=O) groups is 1. The van der Waals surface area contributed by atoms with Crippen molar-refractivity contribution in [3.63, 3.8) is 0 Å². The summed E-state index contributed by atoms with van der Waals surface area (Å²) in [5.41, 5.74) is 0.539. The van der Waals surface area contributed by atoms with Crippen molar-refractivity contribution >= 4 is 21.9 Å². The first-order valence-corrected chi connectivity index (χ1v) is 4.98. The number of alkyl halides is 1. The Labute approximate surface area is 82.1 Å². The first-order chi connectivity index (χ1) is 5.57. The average molecular weight is 235 g/mol. The van der Waals surface area contributed by atoms with Crippen LogP contribution in [0.5, 0.6) is 0 Å². The standard InChI is InChI=1S/C9H15BrO2/c1-4-7(2)9(11)12-6-5-8(3)10/h8H,2,4-6H2,1,3H3. The van der Waals surface area contributed by atoms with Gasteiger partial charge in [0.05, 0.1) is 6.61 Å². The van der Waals surface area contributed by atoms with E-state index < -0.39 is 0 Å². The van der Waals surface area contributed by atoms with Crippen LogP contribution in [-0.2, 0) is 9.53 Å². The lowest BCUT2D eigenvalue weighted by atomic mass is 10.2. The molecule has 0 saturated carbocycles. The lowest BCUT2D eigenvalue weighted by Crippen LogP contribution is -2.09. The maximum Gasteiger partial charge on any atom is 0.333 e. The monoisotopic (exact) mass is 234 g/mol. The zero-order valence-electron chi connectivity index (χ0n) is 7.60. The molecule has 0 bridgehead atoms. The molecule has 1 unspecified atom stereocenters. The van der Waals surface area contributed by atoms with Crippen LogP contribution in [0.15, 0.2) is 12.2 Å².